The van der Waals surface area contributed by atoms with Gasteiger partial charge in [0.2, 0.25) is 0 Å². The van der Waals surface area contributed by atoms with E-state index >= 15 is 0 Å². The Morgan fingerprint density at radius 1 is 0.837 bits per heavy atom. The fourth-order valence-corrected chi connectivity index (χ4v) is 11.1. The summed E-state index contributed by atoms with van der Waals surface area (Å²) in [5.41, 5.74) is 2.91. The molecule has 4 fully saturated rings. The number of rotatable bonds is 6. The number of aryl methyl sites for hydroxylation is 1. The predicted octanol–water partition coefficient (Wildman–Crippen LogP) is 6.11. The molecule has 8 rings (SSSR count). The van der Waals surface area contributed by atoms with Crippen LogP contribution in [0.3, 0.4) is 0 Å². The molecule has 0 radical (unpaired) electrons. The molecule has 1 N–H and O–H groups in total. The van der Waals surface area contributed by atoms with Gasteiger partial charge in [-0.3, -0.25) is 4.55 Å². The summed E-state index contributed by atoms with van der Waals surface area (Å²) in [4.78, 5) is 0.0751. The summed E-state index contributed by atoms with van der Waals surface area (Å²) in [7, 11) is -8.88. The van der Waals surface area contributed by atoms with Gasteiger partial charge in [-0.25, -0.2) is 0 Å². The summed E-state index contributed by atoms with van der Waals surface area (Å²) in [5.74, 6) is 0.0425. The predicted molar refractivity (Wildman–Crippen MR) is 160 cm³/mol. The summed E-state index contributed by atoms with van der Waals surface area (Å²) < 4.78 is 83.0. The zero-order valence-corrected chi connectivity index (χ0v) is 25.8. The molecule has 6 unspecified atom stereocenters. The quantitative estimate of drug-likeness (QED) is 0.258. The Morgan fingerprint density at radius 3 is 2.12 bits per heavy atom. The Balaban J connectivity index is 1.35. The van der Waals surface area contributed by atoms with Crippen molar-refractivity contribution in [2.24, 2.45) is 0 Å². The van der Waals surface area contributed by atoms with Crippen molar-refractivity contribution in [2.75, 3.05) is 0 Å². The molecular weight excluding hydrogens is 588 g/mol. The van der Waals surface area contributed by atoms with Crippen molar-refractivity contribution in [3.8, 4) is 5.75 Å². The molecule has 3 aromatic carbocycles. The van der Waals surface area contributed by atoms with Crippen LogP contribution in [0.15, 0.2) is 46.2 Å². The molecular formula is C33H36O8S2. The molecule has 6 atom stereocenters. The molecule has 4 aliphatic heterocycles. The van der Waals surface area contributed by atoms with Crippen molar-refractivity contribution >= 4 is 31.0 Å². The molecule has 0 amide bonds. The third-order valence-corrected chi connectivity index (χ3v) is 12.8. The fourth-order valence-electron chi connectivity index (χ4n) is 8.72. The highest BCUT2D eigenvalue weighted by Gasteiger charge is 2.48. The lowest BCUT2D eigenvalue weighted by atomic mass is 9.77. The van der Waals surface area contributed by atoms with Crippen molar-refractivity contribution in [2.45, 2.75) is 117 Å². The van der Waals surface area contributed by atoms with Crippen LogP contribution in [0.5, 0.6) is 5.75 Å². The first-order valence-corrected chi connectivity index (χ1v) is 18.4. The van der Waals surface area contributed by atoms with E-state index in [1.807, 2.05) is 24.3 Å². The molecule has 5 aliphatic rings. The highest BCUT2D eigenvalue weighted by molar-refractivity contribution is 7.87. The van der Waals surface area contributed by atoms with Crippen molar-refractivity contribution < 1.29 is 35.0 Å². The van der Waals surface area contributed by atoms with Gasteiger partial charge in [0.25, 0.3) is 10.1 Å². The van der Waals surface area contributed by atoms with Crippen LogP contribution < -0.4 is 4.18 Å². The molecule has 228 valence electrons. The topological polar surface area (TPSA) is 116 Å². The van der Waals surface area contributed by atoms with Crippen LogP contribution in [0.1, 0.15) is 91.0 Å². The van der Waals surface area contributed by atoms with Gasteiger partial charge in [-0.05, 0) is 116 Å². The van der Waals surface area contributed by atoms with Crippen LogP contribution >= 0.6 is 0 Å². The van der Waals surface area contributed by atoms with E-state index in [1.54, 1.807) is 6.92 Å². The van der Waals surface area contributed by atoms with Crippen molar-refractivity contribution in [3.63, 3.8) is 0 Å². The molecule has 10 heteroatoms. The van der Waals surface area contributed by atoms with E-state index in [-0.39, 0.29) is 51.8 Å². The van der Waals surface area contributed by atoms with Gasteiger partial charge in [-0.2, -0.15) is 16.8 Å². The van der Waals surface area contributed by atoms with Crippen LogP contribution in [0.2, 0.25) is 0 Å². The van der Waals surface area contributed by atoms with E-state index in [9.17, 15) is 21.4 Å². The standard InChI is InChI=1S/C33H36O8S2/c1-18-14-30(42(34,35)36)23-8-4-5-9-24(23)32(18)41-43(37,38)33-26(25-16-20-10-12-28(25)39-20)15-19-6-2-3-7-22(19)31(33)27-17-21-11-13-29(27)40-21/h2-3,6-7,14-15,20-21,25,27-29H,4-5,8-13,16-17H2,1H3,(H,34,35,36). The lowest BCUT2D eigenvalue weighted by Crippen LogP contribution is -2.25. The number of fused-ring (bicyclic) bond motifs is 6. The summed E-state index contributed by atoms with van der Waals surface area (Å²) >= 11 is 0. The van der Waals surface area contributed by atoms with E-state index in [0.717, 1.165) is 73.3 Å². The maximum absolute atomic E-state index is 14.9. The van der Waals surface area contributed by atoms with E-state index in [1.165, 1.54) is 6.07 Å². The molecule has 8 nitrogen and oxygen atoms in total. The van der Waals surface area contributed by atoms with E-state index in [4.69, 9.17) is 13.7 Å². The largest absolute Gasteiger partial charge is 0.378 e. The van der Waals surface area contributed by atoms with Crippen molar-refractivity contribution in [1.29, 1.82) is 0 Å². The van der Waals surface area contributed by atoms with Gasteiger partial charge in [-0.1, -0.05) is 24.3 Å². The lowest BCUT2D eigenvalue weighted by molar-refractivity contribution is 0.0999. The Morgan fingerprint density at radius 2 is 1.49 bits per heavy atom. The Hall–Kier alpha value is -2.50. The average Bonchev–Trinajstić information content (AvgIpc) is 3.80. The first-order valence-electron chi connectivity index (χ1n) is 15.5. The van der Waals surface area contributed by atoms with Crippen molar-refractivity contribution in [3.05, 3.63) is 64.2 Å². The first-order chi connectivity index (χ1) is 20.6. The highest BCUT2D eigenvalue weighted by Crippen LogP contribution is 2.53. The molecule has 0 saturated carbocycles. The second-order valence-corrected chi connectivity index (χ2v) is 15.9. The molecule has 3 aromatic rings. The van der Waals surface area contributed by atoms with E-state index < -0.39 is 20.2 Å². The summed E-state index contributed by atoms with van der Waals surface area (Å²) in [6.07, 6.45) is 7.93. The van der Waals surface area contributed by atoms with Gasteiger partial charge < -0.3 is 13.7 Å². The first kappa shape index (κ1) is 28.0. The molecule has 0 aromatic heterocycles. The zero-order chi connectivity index (χ0) is 29.7. The minimum absolute atomic E-state index is 0.0345. The van der Waals surface area contributed by atoms with Gasteiger partial charge >= 0.3 is 10.1 Å². The van der Waals surface area contributed by atoms with Gasteiger partial charge in [0.05, 0.1) is 29.3 Å². The van der Waals surface area contributed by atoms with Crippen molar-refractivity contribution in [1.82, 2.24) is 0 Å². The van der Waals surface area contributed by atoms with Crippen LogP contribution in [-0.2, 0) is 42.6 Å². The number of hydrogen-bond acceptors (Lipinski definition) is 7. The Bertz CT molecular complexity index is 1870. The third kappa shape index (κ3) is 4.55. The molecule has 4 bridgehead atoms. The smallest absolute Gasteiger partial charge is 0.339 e. The Labute approximate surface area is 252 Å². The maximum Gasteiger partial charge on any atom is 0.339 e. The van der Waals surface area contributed by atoms with E-state index in [2.05, 4.69) is 6.07 Å². The second kappa shape index (κ2) is 10.0. The van der Waals surface area contributed by atoms with Gasteiger partial charge in [0.1, 0.15) is 10.6 Å². The average molecular weight is 625 g/mol. The number of benzene rings is 3. The monoisotopic (exact) mass is 624 g/mol. The minimum atomic E-state index is -4.48. The molecule has 0 spiro atoms. The number of hydrogen-bond donors (Lipinski definition) is 1. The Kier molecular flexibility index (Phi) is 6.52. The van der Waals surface area contributed by atoms with Crippen LogP contribution in [0.25, 0.3) is 10.8 Å². The summed E-state index contributed by atoms with van der Waals surface area (Å²) in [5, 5.41) is 1.90. The second-order valence-electron chi connectivity index (χ2n) is 13.1. The molecule has 43 heavy (non-hydrogen) atoms. The highest BCUT2D eigenvalue weighted by atomic mass is 32.2. The van der Waals surface area contributed by atoms with Crippen LogP contribution in [0.4, 0.5) is 0 Å². The fraction of sp³-hybridized carbons (Fsp3) is 0.515. The third-order valence-electron chi connectivity index (χ3n) is 10.5. The van der Waals surface area contributed by atoms with Crippen LogP contribution in [0, 0.1) is 6.92 Å². The van der Waals surface area contributed by atoms with Crippen LogP contribution in [-0.4, -0.2) is 45.8 Å². The van der Waals surface area contributed by atoms with Gasteiger partial charge in [0, 0.05) is 17.4 Å². The zero-order valence-electron chi connectivity index (χ0n) is 24.1. The van der Waals surface area contributed by atoms with E-state index in [0.29, 0.717) is 29.5 Å². The minimum Gasteiger partial charge on any atom is -0.378 e. The normalized spacial score (nSPS) is 29.8. The van der Waals surface area contributed by atoms with Gasteiger partial charge in [-0.15, -0.1) is 0 Å². The number of ether oxygens (including phenoxy) is 2. The SMILES string of the molecule is Cc1cc(S(=O)(=O)O)c2c(c1OS(=O)(=O)c1c(C3CC4CCC3O4)cc3ccccc3c1C1CC3CCC1O3)CCCC2. The lowest BCUT2D eigenvalue weighted by Gasteiger charge is -2.29. The molecule has 4 saturated heterocycles. The maximum atomic E-state index is 14.9. The summed E-state index contributed by atoms with van der Waals surface area (Å²) in [6.45, 7) is 1.64. The molecule has 1 aliphatic carbocycles. The molecule has 4 heterocycles. The van der Waals surface area contributed by atoms with Gasteiger partial charge in [0.15, 0.2) is 0 Å². The summed E-state index contributed by atoms with van der Waals surface area (Å²) in [6, 6.07) is 11.4.